The molecule has 0 aromatic heterocycles. The van der Waals surface area contributed by atoms with E-state index in [1.54, 1.807) is 12.1 Å². The highest BCUT2D eigenvalue weighted by atomic mass is 16.4. The average Bonchev–Trinajstić information content (AvgIpc) is 2.44. The van der Waals surface area contributed by atoms with E-state index in [1.807, 2.05) is 19.0 Å². The fourth-order valence-corrected chi connectivity index (χ4v) is 1.71. The number of hydrogen-bond acceptors (Lipinski definition) is 4. The van der Waals surface area contributed by atoms with Crippen molar-refractivity contribution in [3.8, 4) is 0 Å². The van der Waals surface area contributed by atoms with Gasteiger partial charge in [0.05, 0.1) is 18.7 Å². The van der Waals surface area contributed by atoms with E-state index < -0.39 is 5.97 Å². The summed E-state index contributed by atoms with van der Waals surface area (Å²) in [6.07, 6.45) is 0. The van der Waals surface area contributed by atoms with Gasteiger partial charge in [-0.1, -0.05) is 0 Å². The molecule has 7 nitrogen and oxygen atoms in total. The smallest absolute Gasteiger partial charge is 0.335 e. The van der Waals surface area contributed by atoms with Gasteiger partial charge in [-0.25, -0.2) is 9.59 Å². The van der Waals surface area contributed by atoms with Crippen LogP contribution < -0.4 is 10.2 Å². The predicted molar refractivity (Wildman–Crippen MR) is 79.8 cm³/mol. The summed E-state index contributed by atoms with van der Waals surface area (Å²) in [4.78, 5) is 26.2. The van der Waals surface area contributed by atoms with Crippen LogP contribution in [-0.4, -0.2) is 67.4 Å². The number of nitrogens with one attached hydrogen (secondary N) is 1. The van der Waals surface area contributed by atoms with Crippen molar-refractivity contribution in [2.45, 2.75) is 0 Å². The van der Waals surface area contributed by atoms with Crippen LogP contribution in [0, 0.1) is 0 Å². The van der Waals surface area contributed by atoms with E-state index >= 15 is 0 Å². The first-order chi connectivity index (χ1) is 9.95. The van der Waals surface area contributed by atoms with E-state index in [0.29, 0.717) is 18.8 Å². The molecule has 0 atom stereocenters. The van der Waals surface area contributed by atoms with Crippen molar-refractivity contribution in [3.05, 3.63) is 29.8 Å². The lowest BCUT2D eigenvalue weighted by atomic mass is 10.2. The molecule has 0 fully saturated rings. The predicted octanol–water partition coefficient (Wildman–Crippen LogP) is 0.455. The molecule has 0 aliphatic rings. The summed E-state index contributed by atoms with van der Waals surface area (Å²) in [5.74, 6) is -1.02. The summed E-state index contributed by atoms with van der Waals surface area (Å²) in [5, 5.41) is 20.7. The molecule has 0 unspecified atom stereocenters. The van der Waals surface area contributed by atoms with E-state index in [0.717, 1.165) is 0 Å². The highest BCUT2D eigenvalue weighted by molar-refractivity contribution is 5.93. The molecule has 0 saturated carbocycles. The summed E-state index contributed by atoms with van der Waals surface area (Å²) in [6.45, 7) is 1.15. The van der Waals surface area contributed by atoms with E-state index in [9.17, 15) is 9.59 Å². The first-order valence-corrected chi connectivity index (χ1v) is 6.60. The SMILES string of the molecule is CN(C)CCNC(=O)N(CCO)c1ccc(C(=O)O)cc1. The van der Waals surface area contributed by atoms with Gasteiger partial charge in [-0.05, 0) is 38.4 Å². The number of carbonyl (C=O) groups excluding carboxylic acids is 1. The zero-order valence-corrected chi connectivity index (χ0v) is 12.2. The van der Waals surface area contributed by atoms with Gasteiger partial charge in [0.25, 0.3) is 0 Å². The molecular weight excluding hydrogens is 274 g/mol. The summed E-state index contributed by atoms with van der Waals surface area (Å²) < 4.78 is 0. The van der Waals surface area contributed by atoms with E-state index in [-0.39, 0.29) is 24.7 Å². The first-order valence-electron chi connectivity index (χ1n) is 6.60. The van der Waals surface area contributed by atoms with Crippen LogP contribution in [0.4, 0.5) is 10.5 Å². The van der Waals surface area contributed by atoms with Crippen LogP contribution in [0.25, 0.3) is 0 Å². The van der Waals surface area contributed by atoms with Gasteiger partial charge in [-0.15, -0.1) is 0 Å². The Morgan fingerprint density at radius 2 is 1.76 bits per heavy atom. The molecule has 2 amide bonds. The van der Waals surface area contributed by atoms with Crippen LogP contribution in [-0.2, 0) is 0 Å². The largest absolute Gasteiger partial charge is 0.478 e. The number of benzene rings is 1. The maximum atomic E-state index is 12.1. The minimum Gasteiger partial charge on any atom is -0.478 e. The number of aliphatic hydroxyl groups excluding tert-OH is 1. The van der Waals surface area contributed by atoms with Crippen LogP contribution in [0.2, 0.25) is 0 Å². The van der Waals surface area contributed by atoms with Gasteiger partial charge >= 0.3 is 12.0 Å². The topological polar surface area (TPSA) is 93.1 Å². The average molecular weight is 295 g/mol. The van der Waals surface area contributed by atoms with Crippen molar-refractivity contribution in [2.24, 2.45) is 0 Å². The Morgan fingerprint density at radius 3 is 2.24 bits per heavy atom. The number of amides is 2. The van der Waals surface area contributed by atoms with Gasteiger partial charge in [-0.2, -0.15) is 0 Å². The molecule has 0 spiro atoms. The lowest BCUT2D eigenvalue weighted by Crippen LogP contribution is -2.43. The van der Waals surface area contributed by atoms with Gasteiger partial charge in [0.15, 0.2) is 0 Å². The third-order valence-corrected chi connectivity index (χ3v) is 2.83. The Balaban J connectivity index is 2.75. The summed E-state index contributed by atoms with van der Waals surface area (Å²) in [6, 6.07) is 5.62. The maximum Gasteiger partial charge on any atom is 0.335 e. The molecular formula is C14H21N3O4. The van der Waals surface area contributed by atoms with Crippen molar-refractivity contribution in [1.82, 2.24) is 10.2 Å². The number of aromatic carboxylic acids is 1. The van der Waals surface area contributed by atoms with Gasteiger partial charge in [0.2, 0.25) is 0 Å². The number of carboxylic acids is 1. The Hall–Kier alpha value is -2.12. The minimum absolute atomic E-state index is 0.139. The number of likely N-dealkylation sites (N-methyl/N-ethyl adjacent to an activating group) is 1. The third kappa shape index (κ3) is 5.41. The summed E-state index contributed by atoms with van der Waals surface area (Å²) >= 11 is 0. The second kappa shape index (κ2) is 8.23. The van der Waals surface area contributed by atoms with Gasteiger partial charge < -0.3 is 20.4 Å². The number of rotatable bonds is 7. The normalized spacial score (nSPS) is 10.5. The number of aliphatic hydroxyl groups is 1. The molecule has 0 saturated heterocycles. The van der Waals surface area contributed by atoms with Crippen molar-refractivity contribution in [2.75, 3.05) is 45.2 Å². The Morgan fingerprint density at radius 1 is 1.14 bits per heavy atom. The number of urea groups is 1. The highest BCUT2D eigenvalue weighted by Gasteiger charge is 2.15. The number of nitrogens with zero attached hydrogens (tertiary/aromatic N) is 2. The van der Waals surface area contributed by atoms with Crippen LogP contribution in [0.1, 0.15) is 10.4 Å². The van der Waals surface area contributed by atoms with Crippen LogP contribution in [0.3, 0.4) is 0 Å². The fraction of sp³-hybridized carbons (Fsp3) is 0.429. The molecule has 0 aliphatic heterocycles. The van der Waals surface area contributed by atoms with Crippen molar-refractivity contribution < 1.29 is 19.8 Å². The summed E-state index contributed by atoms with van der Waals surface area (Å²) in [7, 11) is 3.81. The molecule has 1 rings (SSSR count). The number of hydrogen-bond donors (Lipinski definition) is 3. The van der Waals surface area contributed by atoms with Crippen LogP contribution in [0.5, 0.6) is 0 Å². The molecule has 0 aliphatic carbocycles. The van der Waals surface area contributed by atoms with Gasteiger partial charge in [0, 0.05) is 18.8 Å². The van der Waals surface area contributed by atoms with E-state index in [1.165, 1.54) is 17.0 Å². The molecule has 0 heterocycles. The highest BCUT2D eigenvalue weighted by Crippen LogP contribution is 2.15. The second-order valence-corrected chi connectivity index (χ2v) is 4.76. The molecule has 116 valence electrons. The van der Waals surface area contributed by atoms with Gasteiger partial charge in [-0.3, -0.25) is 4.90 Å². The molecule has 21 heavy (non-hydrogen) atoms. The lowest BCUT2D eigenvalue weighted by Gasteiger charge is -2.23. The third-order valence-electron chi connectivity index (χ3n) is 2.83. The van der Waals surface area contributed by atoms with Crippen molar-refractivity contribution >= 4 is 17.7 Å². The Labute approximate surface area is 123 Å². The first kappa shape index (κ1) is 16.9. The molecule has 1 aromatic rings. The quantitative estimate of drug-likeness (QED) is 0.679. The molecule has 0 radical (unpaired) electrons. The maximum absolute atomic E-state index is 12.1. The number of carboxylic acid groups (broad SMARTS) is 1. The zero-order chi connectivity index (χ0) is 15.8. The van der Waals surface area contributed by atoms with Gasteiger partial charge in [0.1, 0.15) is 0 Å². The van der Waals surface area contributed by atoms with Crippen LogP contribution >= 0.6 is 0 Å². The lowest BCUT2D eigenvalue weighted by molar-refractivity contribution is 0.0697. The number of carbonyl (C=O) groups is 2. The fourth-order valence-electron chi connectivity index (χ4n) is 1.71. The van der Waals surface area contributed by atoms with E-state index in [4.69, 9.17) is 10.2 Å². The standard InChI is InChI=1S/C14H21N3O4/c1-16(2)8-7-15-14(21)17(9-10-18)12-5-3-11(4-6-12)13(19)20/h3-6,18H,7-10H2,1-2H3,(H,15,21)(H,19,20). The molecule has 0 bridgehead atoms. The molecule has 1 aromatic carbocycles. The monoisotopic (exact) mass is 295 g/mol. The van der Waals surface area contributed by atoms with Crippen molar-refractivity contribution in [1.29, 1.82) is 0 Å². The van der Waals surface area contributed by atoms with Crippen LogP contribution in [0.15, 0.2) is 24.3 Å². The molecule has 3 N–H and O–H groups in total. The number of anilines is 1. The minimum atomic E-state index is -1.02. The summed E-state index contributed by atoms with van der Waals surface area (Å²) in [5.41, 5.74) is 0.687. The molecule has 7 heteroatoms. The van der Waals surface area contributed by atoms with Crippen molar-refractivity contribution in [3.63, 3.8) is 0 Å². The Bertz CT molecular complexity index is 474. The zero-order valence-electron chi connectivity index (χ0n) is 12.2. The Kier molecular flexibility index (Phi) is 6.64. The van der Waals surface area contributed by atoms with E-state index in [2.05, 4.69) is 5.32 Å². The second-order valence-electron chi connectivity index (χ2n) is 4.76.